The normalized spacial score (nSPS) is 38.8. The second kappa shape index (κ2) is 7.77. The molecule has 0 unspecified atom stereocenters. The summed E-state index contributed by atoms with van der Waals surface area (Å²) in [5, 5.41) is 4.11. The van der Waals surface area contributed by atoms with Gasteiger partial charge < -0.3 is 15.0 Å². The van der Waals surface area contributed by atoms with Gasteiger partial charge in [0.15, 0.2) is 0 Å². The highest BCUT2D eigenvalue weighted by molar-refractivity contribution is 6.30. The zero-order chi connectivity index (χ0) is 20.0. The minimum Gasteiger partial charge on any atom is -0.449 e. The zero-order valence-corrected chi connectivity index (χ0v) is 18.2. The highest BCUT2D eigenvalue weighted by atomic mass is 35.5. The molecule has 6 rings (SSSR count). The van der Waals surface area contributed by atoms with Crippen molar-refractivity contribution in [2.75, 3.05) is 26.7 Å². The Balaban J connectivity index is 1.21. The van der Waals surface area contributed by atoms with Gasteiger partial charge in [-0.05, 0) is 99.9 Å². The van der Waals surface area contributed by atoms with Gasteiger partial charge in [0.1, 0.15) is 0 Å². The monoisotopic (exact) mass is 416 g/mol. The number of likely N-dealkylation sites (tertiary alicyclic amines) is 1. The Bertz CT molecular complexity index is 714. The van der Waals surface area contributed by atoms with Crippen LogP contribution in [0.5, 0.6) is 0 Å². The van der Waals surface area contributed by atoms with Gasteiger partial charge in [0, 0.05) is 23.0 Å². The highest BCUT2D eigenvalue weighted by Crippen LogP contribution is 2.55. The molecule has 0 spiro atoms. The lowest BCUT2D eigenvalue weighted by Crippen LogP contribution is -2.60. The van der Waals surface area contributed by atoms with E-state index in [1.807, 2.05) is 12.1 Å². The molecule has 1 heterocycles. The third-order valence-electron chi connectivity index (χ3n) is 8.07. The molecule has 1 aromatic rings. The van der Waals surface area contributed by atoms with Gasteiger partial charge in [0.05, 0.1) is 6.61 Å². The third kappa shape index (κ3) is 4.16. The summed E-state index contributed by atoms with van der Waals surface area (Å²) in [7, 11) is 2.15. The summed E-state index contributed by atoms with van der Waals surface area (Å²) in [5.41, 5.74) is 1.32. The number of ether oxygens (including phenoxy) is 1. The van der Waals surface area contributed by atoms with E-state index in [1.54, 1.807) is 0 Å². The van der Waals surface area contributed by atoms with Crippen molar-refractivity contribution in [2.45, 2.75) is 56.4 Å². The lowest BCUT2D eigenvalue weighted by molar-refractivity contribution is -0.0207. The van der Waals surface area contributed by atoms with Crippen LogP contribution in [0, 0.1) is 23.7 Å². The first-order valence-corrected chi connectivity index (χ1v) is 11.7. The summed E-state index contributed by atoms with van der Waals surface area (Å²) in [6, 6.07) is 8.18. The van der Waals surface area contributed by atoms with E-state index in [0.29, 0.717) is 18.4 Å². The van der Waals surface area contributed by atoms with E-state index < -0.39 is 0 Å². The average molecular weight is 417 g/mol. The van der Waals surface area contributed by atoms with Gasteiger partial charge in [-0.1, -0.05) is 23.7 Å². The van der Waals surface area contributed by atoms with Gasteiger partial charge in [0.2, 0.25) is 0 Å². The number of nitrogens with one attached hydrogen (secondary N) is 1. The number of halogens is 1. The fourth-order valence-electron chi connectivity index (χ4n) is 7.23. The molecule has 4 nitrogen and oxygen atoms in total. The predicted octanol–water partition coefficient (Wildman–Crippen LogP) is 5.07. The Labute approximate surface area is 179 Å². The van der Waals surface area contributed by atoms with Crippen LogP contribution in [0.15, 0.2) is 24.3 Å². The minimum absolute atomic E-state index is 0.0186. The van der Waals surface area contributed by atoms with Crippen LogP contribution >= 0.6 is 11.6 Å². The fourth-order valence-corrected chi connectivity index (χ4v) is 7.36. The van der Waals surface area contributed by atoms with Crippen molar-refractivity contribution in [2.24, 2.45) is 23.7 Å². The Morgan fingerprint density at radius 1 is 1.14 bits per heavy atom. The van der Waals surface area contributed by atoms with Crippen LogP contribution in [0.2, 0.25) is 5.02 Å². The summed E-state index contributed by atoms with van der Waals surface area (Å²) in [5.74, 6) is 3.20. The minimum atomic E-state index is -0.199. The molecular weight excluding hydrogens is 384 g/mol. The Kier molecular flexibility index (Phi) is 5.28. The van der Waals surface area contributed by atoms with Crippen LogP contribution in [0.3, 0.4) is 0 Å². The van der Waals surface area contributed by atoms with E-state index >= 15 is 0 Å². The largest absolute Gasteiger partial charge is 0.449 e. The number of hydrogen-bond donors (Lipinski definition) is 1. The molecule has 4 aliphatic carbocycles. The van der Waals surface area contributed by atoms with Gasteiger partial charge in [-0.15, -0.1) is 0 Å². The molecule has 1 aliphatic heterocycles. The maximum absolute atomic E-state index is 12.8. The number of hydrogen-bond acceptors (Lipinski definition) is 3. The molecule has 4 bridgehead atoms. The van der Waals surface area contributed by atoms with Crippen molar-refractivity contribution in [1.82, 2.24) is 10.2 Å². The summed E-state index contributed by atoms with van der Waals surface area (Å²) < 4.78 is 5.84. The molecule has 1 saturated heterocycles. The van der Waals surface area contributed by atoms with Crippen LogP contribution in [-0.2, 0) is 4.74 Å². The van der Waals surface area contributed by atoms with Crippen LogP contribution in [-0.4, -0.2) is 43.3 Å². The first kappa shape index (κ1) is 19.7. The Morgan fingerprint density at radius 3 is 2.38 bits per heavy atom. The summed E-state index contributed by atoms with van der Waals surface area (Å²) >= 11 is 6.07. The highest BCUT2D eigenvalue weighted by Gasteiger charge is 2.51. The number of amides is 1. The number of nitrogens with zero attached hydrogens (tertiary/aromatic N) is 1. The van der Waals surface area contributed by atoms with Crippen LogP contribution < -0.4 is 5.32 Å². The summed E-state index contributed by atoms with van der Waals surface area (Å²) in [6.45, 7) is 2.51. The Hall–Kier alpha value is -1.26. The standard InChI is InChI=1S/C24H33ClN2O2/c1-27-7-6-22(19-2-4-21(25)5-3-19)20(14-27)15-29-23(28)26-24-11-16-8-17(12-24)10-18(9-16)13-24/h2-5,16-18,20,22H,6-15H2,1H3,(H,26,28)/t16?,17?,18?,20-,22-,24?/m1/s1. The Morgan fingerprint density at radius 2 is 1.76 bits per heavy atom. The molecule has 0 radical (unpaired) electrons. The van der Waals surface area contributed by atoms with Crippen molar-refractivity contribution >= 4 is 17.7 Å². The first-order valence-electron chi connectivity index (χ1n) is 11.4. The predicted molar refractivity (Wildman–Crippen MR) is 115 cm³/mol. The smallest absolute Gasteiger partial charge is 0.407 e. The fraction of sp³-hybridized carbons (Fsp3) is 0.708. The van der Waals surface area contributed by atoms with E-state index in [-0.39, 0.29) is 11.6 Å². The van der Waals surface area contributed by atoms with Gasteiger partial charge >= 0.3 is 6.09 Å². The molecule has 1 amide bonds. The van der Waals surface area contributed by atoms with Crippen LogP contribution in [0.1, 0.15) is 56.4 Å². The summed E-state index contributed by atoms with van der Waals surface area (Å²) in [4.78, 5) is 15.1. The molecule has 29 heavy (non-hydrogen) atoms. The van der Waals surface area contributed by atoms with E-state index in [0.717, 1.165) is 61.5 Å². The molecule has 4 saturated carbocycles. The summed E-state index contributed by atoms with van der Waals surface area (Å²) in [6.07, 6.45) is 8.51. The van der Waals surface area contributed by atoms with Crippen molar-refractivity contribution in [3.8, 4) is 0 Å². The molecule has 5 heteroatoms. The van der Waals surface area contributed by atoms with E-state index in [9.17, 15) is 4.79 Å². The van der Waals surface area contributed by atoms with Gasteiger partial charge in [-0.2, -0.15) is 0 Å². The van der Waals surface area contributed by atoms with Gasteiger partial charge in [0.25, 0.3) is 0 Å². The molecule has 1 N–H and O–H groups in total. The van der Waals surface area contributed by atoms with Crippen molar-refractivity contribution in [3.05, 3.63) is 34.9 Å². The van der Waals surface area contributed by atoms with E-state index in [2.05, 4.69) is 29.4 Å². The van der Waals surface area contributed by atoms with Crippen LogP contribution in [0.4, 0.5) is 4.79 Å². The lowest BCUT2D eigenvalue weighted by atomic mass is 9.53. The SMILES string of the molecule is CN1CC[C@H](c2ccc(Cl)cc2)[C@@H](COC(=O)NC23CC4CC(CC(C4)C2)C3)C1. The topological polar surface area (TPSA) is 41.6 Å². The number of alkyl carbamates (subject to hydrolysis) is 1. The number of piperidine rings is 1. The van der Waals surface area contributed by atoms with Crippen molar-refractivity contribution in [1.29, 1.82) is 0 Å². The molecule has 5 aliphatic rings. The van der Waals surface area contributed by atoms with Gasteiger partial charge in [-0.3, -0.25) is 0 Å². The quantitative estimate of drug-likeness (QED) is 0.744. The molecule has 158 valence electrons. The van der Waals surface area contributed by atoms with E-state index in [1.165, 1.54) is 24.8 Å². The molecule has 2 atom stereocenters. The molecular formula is C24H33ClN2O2. The molecule has 1 aromatic carbocycles. The lowest BCUT2D eigenvalue weighted by Gasteiger charge is -2.56. The molecule has 5 fully saturated rings. The maximum atomic E-state index is 12.8. The average Bonchev–Trinajstić information content (AvgIpc) is 2.66. The number of rotatable bonds is 4. The van der Waals surface area contributed by atoms with Gasteiger partial charge in [-0.25, -0.2) is 4.79 Å². The first-order chi connectivity index (χ1) is 14.0. The maximum Gasteiger partial charge on any atom is 0.407 e. The number of carbonyl (C=O) groups is 1. The van der Waals surface area contributed by atoms with E-state index in [4.69, 9.17) is 16.3 Å². The zero-order valence-electron chi connectivity index (χ0n) is 17.4. The second-order valence-corrected chi connectivity index (χ2v) is 10.8. The van der Waals surface area contributed by atoms with Crippen molar-refractivity contribution in [3.63, 3.8) is 0 Å². The van der Waals surface area contributed by atoms with Crippen molar-refractivity contribution < 1.29 is 9.53 Å². The number of benzene rings is 1. The number of carbonyl (C=O) groups excluding carboxylic acids is 1. The van der Waals surface area contributed by atoms with Crippen LogP contribution in [0.25, 0.3) is 0 Å². The second-order valence-electron chi connectivity index (χ2n) is 10.4. The molecule has 0 aromatic heterocycles. The third-order valence-corrected chi connectivity index (χ3v) is 8.32.